The fraction of sp³-hybridized carbons (Fsp3) is 0.0667. The number of hydrogen-bond acceptors (Lipinski definition) is 2. The number of para-hydroxylation sites is 2. The van der Waals surface area contributed by atoms with Crippen LogP contribution in [0.15, 0.2) is 48.5 Å². The maximum Gasteiger partial charge on any atom is 0.135 e. The van der Waals surface area contributed by atoms with Crippen LogP contribution in [0.2, 0.25) is 0 Å². The average molecular weight is 224 g/mol. The van der Waals surface area contributed by atoms with Crippen LogP contribution >= 0.6 is 0 Å². The zero-order valence-electron chi connectivity index (χ0n) is 9.26. The second-order valence-corrected chi connectivity index (χ2v) is 3.96. The van der Waals surface area contributed by atoms with E-state index in [2.05, 4.69) is 0 Å². The lowest BCUT2D eigenvalue weighted by Gasteiger charge is -2.09. The van der Waals surface area contributed by atoms with E-state index in [4.69, 9.17) is 4.74 Å². The molecule has 1 heterocycles. The summed E-state index contributed by atoms with van der Waals surface area (Å²) >= 11 is 0. The fourth-order valence-corrected chi connectivity index (χ4v) is 2.03. The van der Waals surface area contributed by atoms with Crippen molar-refractivity contribution in [3.63, 3.8) is 0 Å². The smallest absolute Gasteiger partial charge is 0.135 e. The molecule has 0 saturated heterocycles. The highest BCUT2D eigenvalue weighted by Gasteiger charge is 2.14. The number of hydrogen-bond donors (Lipinski definition) is 1. The van der Waals surface area contributed by atoms with Gasteiger partial charge in [0.15, 0.2) is 0 Å². The zero-order valence-corrected chi connectivity index (χ0v) is 9.26. The normalized spacial score (nSPS) is 12.9. The van der Waals surface area contributed by atoms with Gasteiger partial charge in [-0.25, -0.2) is 0 Å². The summed E-state index contributed by atoms with van der Waals surface area (Å²) in [6, 6.07) is 15.6. The summed E-state index contributed by atoms with van der Waals surface area (Å²) in [5, 5.41) is 9.46. The lowest BCUT2D eigenvalue weighted by atomic mass is 10.0. The number of aliphatic hydroxyl groups is 1. The molecule has 2 aromatic carbocycles. The Balaban J connectivity index is 2.24. The van der Waals surface area contributed by atoms with E-state index >= 15 is 0 Å². The Morgan fingerprint density at radius 1 is 0.882 bits per heavy atom. The van der Waals surface area contributed by atoms with Gasteiger partial charge in [0.2, 0.25) is 0 Å². The maximum absolute atomic E-state index is 9.46. The molecule has 3 rings (SSSR count). The molecular weight excluding hydrogens is 212 g/mol. The molecule has 2 aromatic rings. The average Bonchev–Trinajstić information content (AvgIpc) is 2.54. The topological polar surface area (TPSA) is 29.5 Å². The van der Waals surface area contributed by atoms with Crippen LogP contribution in [-0.4, -0.2) is 11.7 Å². The van der Waals surface area contributed by atoms with Crippen LogP contribution in [0.4, 0.5) is 0 Å². The van der Waals surface area contributed by atoms with Crippen molar-refractivity contribution in [2.24, 2.45) is 0 Å². The van der Waals surface area contributed by atoms with Gasteiger partial charge in [0.05, 0.1) is 6.61 Å². The molecule has 0 saturated carbocycles. The fourth-order valence-electron chi connectivity index (χ4n) is 2.03. The van der Waals surface area contributed by atoms with E-state index in [9.17, 15) is 5.11 Å². The Bertz CT molecular complexity index is 585. The highest BCUT2D eigenvalue weighted by molar-refractivity contribution is 5.87. The molecule has 0 spiro atoms. The molecule has 0 fully saturated rings. The summed E-state index contributed by atoms with van der Waals surface area (Å²) < 4.78 is 5.87. The zero-order chi connectivity index (χ0) is 11.7. The van der Waals surface area contributed by atoms with Gasteiger partial charge < -0.3 is 9.84 Å². The molecule has 0 atom stereocenters. The first-order valence-corrected chi connectivity index (χ1v) is 5.56. The molecule has 0 aromatic heterocycles. The van der Waals surface area contributed by atoms with Crippen molar-refractivity contribution in [1.29, 1.82) is 0 Å². The van der Waals surface area contributed by atoms with Crippen LogP contribution in [0.3, 0.4) is 0 Å². The van der Waals surface area contributed by atoms with Crippen LogP contribution in [0.25, 0.3) is 11.6 Å². The van der Waals surface area contributed by atoms with Gasteiger partial charge in [-0.1, -0.05) is 36.4 Å². The Morgan fingerprint density at radius 3 is 2.41 bits per heavy atom. The van der Waals surface area contributed by atoms with Crippen molar-refractivity contribution in [3.8, 4) is 11.5 Å². The van der Waals surface area contributed by atoms with Gasteiger partial charge in [0, 0.05) is 11.1 Å². The second-order valence-electron chi connectivity index (χ2n) is 3.96. The molecule has 0 aliphatic carbocycles. The van der Waals surface area contributed by atoms with Gasteiger partial charge in [0.25, 0.3) is 0 Å². The largest absolute Gasteiger partial charge is 0.456 e. The Kier molecular flexibility index (Phi) is 2.42. The van der Waals surface area contributed by atoms with E-state index in [0.29, 0.717) is 0 Å². The molecule has 0 bridgehead atoms. The summed E-state index contributed by atoms with van der Waals surface area (Å²) in [6.07, 6.45) is 1.97. The molecular formula is C15H12O2. The van der Waals surface area contributed by atoms with Crippen molar-refractivity contribution < 1.29 is 9.84 Å². The summed E-state index contributed by atoms with van der Waals surface area (Å²) in [5.41, 5.74) is 2.82. The van der Waals surface area contributed by atoms with Crippen LogP contribution in [0.5, 0.6) is 11.5 Å². The standard InChI is InChI=1S/C15H12O2/c16-10-12-9-11-5-1-3-7-14(11)17-15-8-4-2-6-13(12)15/h1-9,16H,10H2. The van der Waals surface area contributed by atoms with Gasteiger partial charge in [-0.2, -0.15) is 0 Å². The Hall–Kier alpha value is -2.06. The van der Waals surface area contributed by atoms with E-state index in [0.717, 1.165) is 28.2 Å². The summed E-state index contributed by atoms with van der Waals surface area (Å²) in [7, 11) is 0. The van der Waals surface area contributed by atoms with E-state index in [-0.39, 0.29) is 6.61 Å². The quantitative estimate of drug-likeness (QED) is 0.805. The van der Waals surface area contributed by atoms with Gasteiger partial charge in [-0.15, -0.1) is 0 Å². The van der Waals surface area contributed by atoms with E-state index in [1.54, 1.807) is 0 Å². The molecule has 0 radical (unpaired) electrons. The van der Waals surface area contributed by atoms with Crippen LogP contribution < -0.4 is 4.74 Å². The number of rotatable bonds is 1. The van der Waals surface area contributed by atoms with E-state index < -0.39 is 0 Å². The second kappa shape index (κ2) is 4.07. The minimum atomic E-state index is 0.00864. The molecule has 2 nitrogen and oxygen atoms in total. The number of ether oxygens (including phenoxy) is 1. The van der Waals surface area contributed by atoms with Crippen LogP contribution in [0.1, 0.15) is 11.1 Å². The van der Waals surface area contributed by atoms with Crippen molar-refractivity contribution >= 4 is 11.6 Å². The highest BCUT2D eigenvalue weighted by atomic mass is 16.5. The first-order chi connectivity index (χ1) is 8.38. The van der Waals surface area contributed by atoms with Crippen LogP contribution in [-0.2, 0) is 0 Å². The molecule has 0 amide bonds. The minimum Gasteiger partial charge on any atom is -0.456 e. The Morgan fingerprint density at radius 2 is 1.59 bits per heavy atom. The third kappa shape index (κ3) is 1.73. The summed E-state index contributed by atoms with van der Waals surface area (Å²) in [5.74, 6) is 1.61. The molecule has 2 heteroatoms. The number of aliphatic hydroxyl groups excluding tert-OH is 1. The first kappa shape index (κ1) is 10.1. The Labute approximate surface area is 99.8 Å². The highest BCUT2D eigenvalue weighted by Crippen LogP contribution is 2.37. The molecule has 1 N–H and O–H groups in total. The molecule has 17 heavy (non-hydrogen) atoms. The predicted molar refractivity (Wildman–Crippen MR) is 67.9 cm³/mol. The molecule has 84 valence electrons. The monoisotopic (exact) mass is 224 g/mol. The molecule has 1 aliphatic rings. The lowest BCUT2D eigenvalue weighted by molar-refractivity contribution is 0.350. The van der Waals surface area contributed by atoms with E-state index in [1.807, 2.05) is 54.6 Å². The first-order valence-electron chi connectivity index (χ1n) is 5.56. The number of benzene rings is 2. The predicted octanol–water partition coefficient (Wildman–Crippen LogP) is 3.33. The lowest BCUT2D eigenvalue weighted by Crippen LogP contribution is -1.91. The van der Waals surface area contributed by atoms with Crippen molar-refractivity contribution in [3.05, 3.63) is 59.7 Å². The molecule has 1 aliphatic heterocycles. The SMILES string of the molecule is OCC1=Cc2ccccc2Oc2ccccc21. The minimum absolute atomic E-state index is 0.00864. The summed E-state index contributed by atoms with van der Waals surface area (Å²) in [4.78, 5) is 0. The van der Waals surface area contributed by atoms with Gasteiger partial charge in [0.1, 0.15) is 11.5 Å². The van der Waals surface area contributed by atoms with Gasteiger partial charge in [-0.05, 0) is 23.8 Å². The third-order valence-electron chi connectivity index (χ3n) is 2.87. The van der Waals surface area contributed by atoms with Crippen molar-refractivity contribution in [1.82, 2.24) is 0 Å². The van der Waals surface area contributed by atoms with E-state index in [1.165, 1.54) is 0 Å². The van der Waals surface area contributed by atoms with Crippen LogP contribution in [0, 0.1) is 0 Å². The third-order valence-corrected chi connectivity index (χ3v) is 2.87. The molecule has 0 unspecified atom stereocenters. The van der Waals surface area contributed by atoms with Gasteiger partial charge in [-0.3, -0.25) is 0 Å². The number of fused-ring (bicyclic) bond motifs is 2. The van der Waals surface area contributed by atoms with Crippen molar-refractivity contribution in [2.45, 2.75) is 0 Å². The van der Waals surface area contributed by atoms with Crippen molar-refractivity contribution in [2.75, 3.05) is 6.61 Å². The summed E-state index contributed by atoms with van der Waals surface area (Å²) in [6.45, 7) is 0.00864. The van der Waals surface area contributed by atoms with Gasteiger partial charge >= 0.3 is 0 Å². The maximum atomic E-state index is 9.46.